The van der Waals surface area contributed by atoms with Crippen LogP contribution in [0.4, 0.5) is 0 Å². The number of hydrogen-bond donors (Lipinski definition) is 0. The molecule has 3 aromatic rings. The highest BCUT2D eigenvalue weighted by Gasteiger charge is 2.30. The quantitative estimate of drug-likeness (QED) is 0.597. The van der Waals surface area contributed by atoms with Gasteiger partial charge in [0, 0.05) is 0 Å². The zero-order valence-corrected chi connectivity index (χ0v) is 17.9. The Labute approximate surface area is 177 Å². The minimum atomic E-state index is 0.0108. The lowest BCUT2D eigenvalue weighted by molar-refractivity contribution is 0.150. The summed E-state index contributed by atoms with van der Waals surface area (Å²) in [4.78, 5) is 2.50. The van der Waals surface area contributed by atoms with Gasteiger partial charge >= 0.3 is 0 Å². The fourth-order valence-electron chi connectivity index (χ4n) is 4.02. The first-order chi connectivity index (χ1) is 14.7. The van der Waals surface area contributed by atoms with Crippen LogP contribution >= 0.6 is 0 Å². The van der Waals surface area contributed by atoms with E-state index in [1.165, 1.54) is 18.4 Å². The summed E-state index contributed by atoms with van der Waals surface area (Å²) < 4.78 is 12.5. The first-order valence-corrected chi connectivity index (χ1v) is 10.4. The fraction of sp³-hybridized carbons (Fsp3) is 0.435. The Bertz CT molecular complexity index is 931. The van der Waals surface area contributed by atoms with E-state index in [4.69, 9.17) is 9.47 Å². The molecule has 0 aliphatic carbocycles. The molecular weight excluding hydrogens is 378 g/mol. The normalized spacial score (nSPS) is 16.4. The average Bonchev–Trinajstić information content (AvgIpc) is 3.24. The van der Waals surface area contributed by atoms with Crippen LogP contribution in [-0.2, 0) is 6.54 Å². The van der Waals surface area contributed by atoms with Gasteiger partial charge in [-0.05, 0) is 77.7 Å². The second-order valence-corrected chi connectivity index (χ2v) is 7.94. The number of piperidine rings is 1. The third kappa shape index (κ3) is 4.46. The maximum absolute atomic E-state index is 5.35. The lowest BCUT2D eigenvalue weighted by Crippen LogP contribution is -2.38. The van der Waals surface area contributed by atoms with Gasteiger partial charge in [-0.3, -0.25) is 4.90 Å². The molecule has 7 heteroatoms. The van der Waals surface area contributed by atoms with Crippen molar-refractivity contribution in [2.24, 2.45) is 5.92 Å². The minimum Gasteiger partial charge on any atom is -0.497 e. The second kappa shape index (κ2) is 9.26. The van der Waals surface area contributed by atoms with Crippen LogP contribution in [-0.4, -0.2) is 52.4 Å². The molecule has 158 valence electrons. The summed E-state index contributed by atoms with van der Waals surface area (Å²) >= 11 is 0. The topological polar surface area (TPSA) is 65.3 Å². The van der Waals surface area contributed by atoms with E-state index < -0.39 is 0 Å². The molecule has 1 atom stereocenters. The molecular formula is C23H29N5O2. The van der Waals surface area contributed by atoms with E-state index in [0.29, 0.717) is 6.54 Å². The van der Waals surface area contributed by atoms with Crippen LogP contribution in [0.1, 0.15) is 42.8 Å². The highest BCUT2D eigenvalue weighted by atomic mass is 16.5. The van der Waals surface area contributed by atoms with Crippen molar-refractivity contribution in [2.75, 3.05) is 27.3 Å². The van der Waals surface area contributed by atoms with E-state index in [-0.39, 0.29) is 6.04 Å². The van der Waals surface area contributed by atoms with Crippen molar-refractivity contribution >= 4 is 0 Å². The summed E-state index contributed by atoms with van der Waals surface area (Å²) in [6.45, 7) is 5.01. The summed E-state index contributed by atoms with van der Waals surface area (Å²) in [6, 6.07) is 16.3. The molecule has 0 amide bonds. The third-order valence-corrected chi connectivity index (χ3v) is 5.91. The minimum absolute atomic E-state index is 0.0108. The number of aromatic nitrogens is 4. The van der Waals surface area contributed by atoms with Gasteiger partial charge in [0.15, 0.2) is 5.82 Å². The van der Waals surface area contributed by atoms with Crippen molar-refractivity contribution in [3.63, 3.8) is 0 Å². The van der Waals surface area contributed by atoms with E-state index in [1.807, 2.05) is 28.9 Å². The zero-order valence-electron chi connectivity index (χ0n) is 17.9. The Balaban J connectivity index is 1.65. The van der Waals surface area contributed by atoms with Gasteiger partial charge in [0.1, 0.15) is 11.5 Å². The Hall–Kier alpha value is -2.93. The van der Waals surface area contributed by atoms with E-state index in [1.54, 1.807) is 14.2 Å². The highest BCUT2D eigenvalue weighted by molar-refractivity contribution is 5.32. The largest absolute Gasteiger partial charge is 0.497 e. The van der Waals surface area contributed by atoms with Crippen molar-refractivity contribution in [3.8, 4) is 11.5 Å². The molecule has 1 saturated heterocycles. The molecule has 0 radical (unpaired) electrons. The third-order valence-electron chi connectivity index (χ3n) is 5.91. The molecule has 1 aliphatic heterocycles. The van der Waals surface area contributed by atoms with Gasteiger partial charge in [-0.1, -0.05) is 31.2 Å². The molecule has 4 rings (SSSR count). The summed E-state index contributed by atoms with van der Waals surface area (Å²) in [5, 5.41) is 12.8. The molecule has 1 unspecified atom stereocenters. The van der Waals surface area contributed by atoms with Crippen molar-refractivity contribution < 1.29 is 9.47 Å². The van der Waals surface area contributed by atoms with Crippen LogP contribution in [0.25, 0.3) is 0 Å². The molecule has 0 saturated carbocycles. The van der Waals surface area contributed by atoms with Crippen LogP contribution in [0, 0.1) is 5.92 Å². The second-order valence-electron chi connectivity index (χ2n) is 7.94. The molecule has 2 aromatic carbocycles. The Kier molecular flexibility index (Phi) is 6.28. The molecule has 7 nitrogen and oxygen atoms in total. The van der Waals surface area contributed by atoms with Gasteiger partial charge in [-0.25, -0.2) is 4.68 Å². The van der Waals surface area contributed by atoms with Crippen molar-refractivity contribution in [1.82, 2.24) is 25.1 Å². The number of hydrogen-bond acceptors (Lipinski definition) is 6. The van der Waals surface area contributed by atoms with E-state index in [0.717, 1.165) is 41.9 Å². The molecule has 1 aromatic heterocycles. The highest BCUT2D eigenvalue weighted by Crippen LogP contribution is 2.32. The maximum atomic E-state index is 5.35. The number of ether oxygens (including phenoxy) is 2. The molecule has 1 fully saturated rings. The first-order valence-electron chi connectivity index (χ1n) is 10.4. The number of likely N-dealkylation sites (tertiary alicyclic amines) is 1. The van der Waals surface area contributed by atoms with Crippen molar-refractivity contribution in [1.29, 1.82) is 0 Å². The van der Waals surface area contributed by atoms with E-state index in [9.17, 15) is 0 Å². The number of nitrogens with zero attached hydrogens (tertiary/aromatic N) is 5. The number of rotatable bonds is 7. The summed E-state index contributed by atoms with van der Waals surface area (Å²) in [7, 11) is 3.36. The van der Waals surface area contributed by atoms with Crippen molar-refractivity contribution in [2.45, 2.75) is 32.4 Å². The lowest BCUT2D eigenvalue weighted by atomic mass is 9.95. The average molecular weight is 408 g/mol. The monoisotopic (exact) mass is 407 g/mol. The smallest absolute Gasteiger partial charge is 0.173 e. The standard InChI is InChI=1S/C23H29N5O2/c1-17-12-14-27(15-13-17)22(19-6-10-21(30-3)11-7-19)23-24-25-26-28(23)16-18-4-8-20(29-2)9-5-18/h4-11,17,22H,12-16H2,1-3H3. The van der Waals surface area contributed by atoms with Crippen LogP contribution in [0.15, 0.2) is 48.5 Å². The summed E-state index contributed by atoms with van der Waals surface area (Å²) in [5.41, 5.74) is 2.31. The molecule has 1 aliphatic rings. The SMILES string of the molecule is COc1ccc(Cn2nnnc2C(c2ccc(OC)cc2)N2CCC(C)CC2)cc1. The van der Waals surface area contributed by atoms with Crippen LogP contribution in [0.2, 0.25) is 0 Å². The predicted molar refractivity (Wildman–Crippen MR) is 115 cm³/mol. The van der Waals surface area contributed by atoms with Gasteiger partial charge < -0.3 is 9.47 Å². The number of methoxy groups -OCH3 is 2. The molecule has 2 heterocycles. The fourth-order valence-corrected chi connectivity index (χ4v) is 4.02. The molecule has 0 N–H and O–H groups in total. The van der Waals surface area contributed by atoms with E-state index >= 15 is 0 Å². The molecule has 30 heavy (non-hydrogen) atoms. The van der Waals surface area contributed by atoms with Crippen LogP contribution < -0.4 is 9.47 Å². The first kappa shape index (κ1) is 20.3. The number of benzene rings is 2. The predicted octanol–water partition coefficient (Wildman–Crippen LogP) is 3.56. The summed E-state index contributed by atoms with van der Waals surface area (Å²) in [6.07, 6.45) is 2.37. The van der Waals surface area contributed by atoms with Gasteiger partial charge in [0.05, 0.1) is 26.8 Å². The lowest BCUT2D eigenvalue weighted by Gasteiger charge is -2.36. The summed E-state index contributed by atoms with van der Waals surface area (Å²) in [5.74, 6) is 3.32. The van der Waals surface area contributed by atoms with Gasteiger partial charge in [0.25, 0.3) is 0 Å². The maximum Gasteiger partial charge on any atom is 0.173 e. The molecule has 0 spiro atoms. The Morgan fingerprint density at radius 1 is 0.933 bits per heavy atom. The van der Waals surface area contributed by atoms with Gasteiger partial charge in [0.2, 0.25) is 0 Å². The van der Waals surface area contributed by atoms with Gasteiger partial charge in [-0.15, -0.1) is 5.10 Å². The van der Waals surface area contributed by atoms with E-state index in [2.05, 4.69) is 51.6 Å². The van der Waals surface area contributed by atoms with Crippen LogP contribution in [0.5, 0.6) is 11.5 Å². The Morgan fingerprint density at radius 3 is 2.13 bits per heavy atom. The van der Waals surface area contributed by atoms with Gasteiger partial charge in [-0.2, -0.15) is 0 Å². The van der Waals surface area contributed by atoms with Crippen molar-refractivity contribution in [3.05, 3.63) is 65.5 Å². The molecule has 0 bridgehead atoms. The Morgan fingerprint density at radius 2 is 1.53 bits per heavy atom. The number of tetrazole rings is 1. The van der Waals surface area contributed by atoms with Crippen LogP contribution in [0.3, 0.4) is 0 Å². The zero-order chi connectivity index (χ0) is 20.9.